The van der Waals surface area contributed by atoms with Crippen LogP contribution >= 0.6 is 0 Å². The summed E-state index contributed by atoms with van der Waals surface area (Å²) in [6, 6.07) is 13.6. The molecule has 1 atom stereocenters. The number of hydrogen-bond acceptors (Lipinski definition) is 3. The molecule has 0 amide bonds. The van der Waals surface area contributed by atoms with Crippen molar-refractivity contribution in [2.75, 3.05) is 7.11 Å². The molecule has 0 aliphatic heterocycles. The lowest BCUT2D eigenvalue weighted by molar-refractivity contribution is 0.270. The molecule has 0 saturated heterocycles. The van der Waals surface area contributed by atoms with Crippen LogP contribution in [0, 0.1) is 0 Å². The number of benzene rings is 1. The van der Waals surface area contributed by atoms with Crippen LogP contribution in [-0.4, -0.2) is 18.1 Å². The second-order valence-electron chi connectivity index (χ2n) is 5.81. The minimum Gasteiger partial charge on any atom is -0.497 e. The predicted octanol–water partition coefficient (Wildman–Crippen LogP) is 3.69. The van der Waals surface area contributed by atoms with E-state index in [1.807, 2.05) is 18.5 Å². The average molecular weight is 282 g/mol. The van der Waals surface area contributed by atoms with Crippen molar-refractivity contribution in [3.63, 3.8) is 0 Å². The van der Waals surface area contributed by atoms with Gasteiger partial charge in [0.1, 0.15) is 5.75 Å². The van der Waals surface area contributed by atoms with Crippen LogP contribution in [0.3, 0.4) is 0 Å². The third-order valence-corrected chi connectivity index (χ3v) is 4.40. The zero-order chi connectivity index (χ0) is 14.7. The van der Waals surface area contributed by atoms with E-state index in [4.69, 9.17) is 4.74 Å². The van der Waals surface area contributed by atoms with Gasteiger partial charge in [-0.05, 0) is 61.1 Å². The normalized spacial score (nSPS) is 22.4. The Bertz CT molecular complexity index is 579. The Morgan fingerprint density at radius 2 is 1.95 bits per heavy atom. The molecule has 1 heterocycles. The molecular formula is C18H22N2O. The molecule has 21 heavy (non-hydrogen) atoms. The summed E-state index contributed by atoms with van der Waals surface area (Å²) in [4.78, 5) is 4.07. The Morgan fingerprint density at radius 3 is 2.67 bits per heavy atom. The first kappa shape index (κ1) is 14.1. The van der Waals surface area contributed by atoms with Gasteiger partial charge in [-0.1, -0.05) is 12.1 Å². The molecule has 1 aromatic heterocycles. The molecule has 3 rings (SSSR count). The standard InChI is InChI=1S/C18H22N2O/c1-13(14-6-8-19-9-7-14)20-17-10-16(11-17)15-4-3-5-18(12-15)21-2/h3-9,12-13,16-17,20H,10-11H2,1-2H3/t13-,16?,17?/m0/s1. The number of ether oxygens (including phenoxy) is 1. The number of rotatable bonds is 5. The maximum Gasteiger partial charge on any atom is 0.119 e. The molecule has 0 unspecified atom stereocenters. The summed E-state index contributed by atoms with van der Waals surface area (Å²) in [5.41, 5.74) is 2.69. The lowest BCUT2D eigenvalue weighted by Gasteiger charge is -2.38. The lowest BCUT2D eigenvalue weighted by Crippen LogP contribution is -2.41. The van der Waals surface area contributed by atoms with Crippen LogP contribution in [-0.2, 0) is 0 Å². The van der Waals surface area contributed by atoms with Crippen molar-refractivity contribution in [3.8, 4) is 5.75 Å². The maximum absolute atomic E-state index is 5.30. The molecule has 1 aliphatic carbocycles. The van der Waals surface area contributed by atoms with Gasteiger partial charge in [0.15, 0.2) is 0 Å². The monoisotopic (exact) mass is 282 g/mol. The van der Waals surface area contributed by atoms with Crippen molar-refractivity contribution in [2.45, 2.75) is 37.8 Å². The third-order valence-electron chi connectivity index (χ3n) is 4.40. The number of hydrogen-bond donors (Lipinski definition) is 1. The topological polar surface area (TPSA) is 34.1 Å². The van der Waals surface area contributed by atoms with Crippen LogP contribution < -0.4 is 10.1 Å². The van der Waals surface area contributed by atoms with Crippen LogP contribution in [0.2, 0.25) is 0 Å². The molecule has 3 heteroatoms. The van der Waals surface area contributed by atoms with E-state index in [9.17, 15) is 0 Å². The highest BCUT2D eigenvalue weighted by Gasteiger charge is 2.31. The van der Waals surface area contributed by atoms with Gasteiger partial charge in [0.25, 0.3) is 0 Å². The van der Waals surface area contributed by atoms with E-state index in [0.717, 1.165) is 5.75 Å². The second-order valence-corrected chi connectivity index (χ2v) is 5.81. The first-order valence-corrected chi connectivity index (χ1v) is 7.56. The number of nitrogens with zero attached hydrogens (tertiary/aromatic N) is 1. The highest BCUT2D eigenvalue weighted by Crippen LogP contribution is 2.38. The molecule has 110 valence electrons. The number of nitrogens with one attached hydrogen (secondary N) is 1. The molecular weight excluding hydrogens is 260 g/mol. The molecule has 2 aromatic rings. The van der Waals surface area contributed by atoms with Gasteiger partial charge in [0.05, 0.1) is 7.11 Å². The fourth-order valence-corrected chi connectivity index (χ4v) is 3.02. The van der Waals surface area contributed by atoms with Crippen LogP contribution in [0.1, 0.15) is 42.9 Å². The largest absolute Gasteiger partial charge is 0.497 e. The molecule has 3 nitrogen and oxygen atoms in total. The lowest BCUT2D eigenvalue weighted by atomic mass is 9.75. The van der Waals surface area contributed by atoms with Gasteiger partial charge in [-0.25, -0.2) is 0 Å². The van der Waals surface area contributed by atoms with Crippen molar-refractivity contribution in [2.24, 2.45) is 0 Å². The van der Waals surface area contributed by atoms with Crippen molar-refractivity contribution < 1.29 is 4.74 Å². The van der Waals surface area contributed by atoms with Gasteiger partial charge < -0.3 is 10.1 Å². The van der Waals surface area contributed by atoms with E-state index in [2.05, 4.69) is 47.6 Å². The van der Waals surface area contributed by atoms with Crippen molar-refractivity contribution in [1.29, 1.82) is 0 Å². The molecule has 1 saturated carbocycles. The Kier molecular flexibility index (Phi) is 4.20. The highest BCUT2D eigenvalue weighted by molar-refractivity contribution is 5.32. The van der Waals surface area contributed by atoms with Gasteiger partial charge in [-0.3, -0.25) is 4.98 Å². The summed E-state index contributed by atoms with van der Waals surface area (Å²) in [7, 11) is 1.72. The SMILES string of the molecule is COc1cccc(C2CC(N[C@@H](C)c3ccncc3)C2)c1. The van der Waals surface area contributed by atoms with Crippen molar-refractivity contribution in [1.82, 2.24) is 10.3 Å². The second kappa shape index (κ2) is 6.27. The van der Waals surface area contributed by atoms with E-state index in [1.54, 1.807) is 7.11 Å². The van der Waals surface area contributed by atoms with E-state index >= 15 is 0 Å². The van der Waals surface area contributed by atoms with Gasteiger partial charge in [-0.2, -0.15) is 0 Å². The summed E-state index contributed by atoms with van der Waals surface area (Å²) in [6.45, 7) is 2.22. The quantitative estimate of drug-likeness (QED) is 0.908. The van der Waals surface area contributed by atoms with Crippen LogP contribution in [0.15, 0.2) is 48.8 Å². The molecule has 1 N–H and O–H groups in total. The molecule has 0 bridgehead atoms. The molecule has 0 radical (unpaired) electrons. The fourth-order valence-electron chi connectivity index (χ4n) is 3.02. The molecule has 1 fully saturated rings. The summed E-state index contributed by atoms with van der Waals surface area (Å²) in [5.74, 6) is 1.61. The molecule has 0 spiro atoms. The Morgan fingerprint density at radius 1 is 1.19 bits per heavy atom. The van der Waals surface area contributed by atoms with Crippen molar-refractivity contribution in [3.05, 3.63) is 59.9 Å². The minimum absolute atomic E-state index is 0.379. The van der Waals surface area contributed by atoms with E-state index in [-0.39, 0.29) is 0 Å². The molecule has 1 aliphatic rings. The van der Waals surface area contributed by atoms with E-state index in [0.29, 0.717) is 18.0 Å². The first-order chi connectivity index (χ1) is 10.3. The van der Waals surface area contributed by atoms with Gasteiger partial charge in [-0.15, -0.1) is 0 Å². The minimum atomic E-state index is 0.379. The summed E-state index contributed by atoms with van der Waals surface area (Å²) in [6.07, 6.45) is 6.10. The third kappa shape index (κ3) is 3.24. The predicted molar refractivity (Wildman–Crippen MR) is 84.5 cm³/mol. The van der Waals surface area contributed by atoms with Gasteiger partial charge in [0, 0.05) is 24.5 Å². The van der Waals surface area contributed by atoms with E-state index in [1.165, 1.54) is 24.0 Å². The van der Waals surface area contributed by atoms with Crippen LogP contribution in [0.5, 0.6) is 5.75 Å². The van der Waals surface area contributed by atoms with Crippen LogP contribution in [0.25, 0.3) is 0 Å². The summed E-state index contributed by atoms with van der Waals surface area (Å²) < 4.78 is 5.30. The highest BCUT2D eigenvalue weighted by atomic mass is 16.5. The average Bonchev–Trinajstić information content (AvgIpc) is 2.51. The summed E-state index contributed by atoms with van der Waals surface area (Å²) >= 11 is 0. The molecule has 1 aromatic carbocycles. The summed E-state index contributed by atoms with van der Waals surface area (Å²) in [5, 5.41) is 3.70. The first-order valence-electron chi connectivity index (χ1n) is 7.56. The Hall–Kier alpha value is -1.87. The van der Waals surface area contributed by atoms with Crippen LogP contribution in [0.4, 0.5) is 0 Å². The van der Waals surface area contributed by atoms with Gasteiger partial charge in [0.2, 0.25) is 0 Å². The fraction of sp³-hybridized carbons (Fsp3) is 0.389. The number of aromatic nitrogens is 1. The van der Waals surface area contributed by atoms with Crippen molar-refractivity contribution >= 4 is 0 Å². The number of methoxy groups -OCH3 is 1. The smallest absolute Gasteiger partial charge is 0.119 e. The zero-order valence-electron chi connectivity index (χ0n) is 12.6. The zero-order valence-corrected chi connectivity index (χ0v) is 12.6. The van der Waals surface area contributed by atoms with Gasteiger partial charge >= 0.3 is 0 Å². The number of pyridine rings is 1. The maximum atomic E-state index is 5.30. The Labute approximate surface area is 126 Å². The Balaban J connectivity index is 1.54. The van der Waals surface area contributed by atoms with E-state index < -0.39 is 0 Å².